The molecular formula is C18H24Cl2N2O4. The molecule has 6 nitrogen and oxygen atoms in total. The number of amides is 2. The monoisotopic (exact) mass is 402 g/mol. The van der Waals surface area contributed by atoms with Gasteiger partial charge in [-0.05, 0) is 45.7 Å². The first kappa shape index (κ1) is 20.6. The van der Waals surface area contributed by atoms with E-state index in [1.165, 1.54) is 0 Å². The lowest BCUT2D eigenvalue weighted by Crippen LogP contribution is -2.48. The van der Waals surface area contributed by atoms with Crippen LogP contribution in [0.5, 0.6) is 5.75 Å². The van der Waals surface area contributed by atoms with Gasteiger partial charge < -0.3 is 19.7 Å². The molecule has 1 saturated heterocycles. The summed E-state index contributed by atoms with van der Waals surface area (Å²) >= 11 is 11.9. The molecule has 144 valence electrons. The molecule has 1 aliphatic rings. The number of hydrogen-bond acceptors (Lipinski definition) is 4. The molecule has 1 N–H and O–H groups in total. The van der Waals surface area contributed by atoms with Crippen molar-refractivity contribution in [2.75, 3.05) is 19.7 Å². The van der Waals surface area contributed by atoms with Crippen LogP contribution < -0.4 is 10.1 Å². The fourth-order valence-electron chi connectivity index (χ4n) is 2.53. The van der Waals surface area contributed by atoms with Gasteiger partial charge in [-0.2, -0.15) is 0 Å². The van der Waals surface area contributed by atoms with E-state index < -0.39 is 5.60 Å². The number of halogens is 2. The van der Waals surface area contributed by atoms with Crippen molar-refractivity contribution in [3.63, 3.8) is 0 Å². The molecule has 1 aromatic rings. The van der Waals surface area contributed by atoms with E-state index in [2.05, 4.69) is 5.32 Å². The molecule has 0 atom stereocenters. The van der Waals surface area contributed by atoms with E-state index in [1.807, 2.05) is 20.8 Å². The average molecular weight is 403 g/mol. The lowest BCUT2D eigenvalue weighted by Gasteiger charge is -2.33. The van der Waals surface area contributed by atoms with Crippen LogP contribution >= 0.6 is 23.2 Å². The van der Waals surface area contributed by atoms with Crippen molar-refractivity contribution in [2.24, 2.45) is 0 Å². The van der Waals surface area contributed by atoms with Crippen LogP contribution in [0.25, 0.3) is 0 Å². The number of nitrogens with one attached hydrogen (secondary N) is 1. The van der Waals surface area contributed by atoms with Crippen LogP contribution in [0.2, 0.25) is 10.0 Å². The van der Waals surface area contributed by atoms with Crippen molar-refractivity contribution >= 4 is 35.2 Å². The molecule has 0 aromatic heterocycles. The van der Waals surface area contributed by atoms with Gasteiger partial charge in [0.15, 0.2) is 6.61 Å². The van der Waals surface area contributed by atoms with E-state index in [0.717, 1.165) is 0 Å². The molecule has 8 heteroatoms. The highest BCUT2D eigenvalue weighted by atomic mass is 35.5. The summed E-state index contributed by atoms with van der Waals surface area (Å²) in [4.78, 5) is 25.8. The minimum atomic E-state index is -0.513. The second kappa shape index (κ2) is 8.82. The molecule has 0 bridgehead atoms. The van der Waals surface area contributed by atoms with Crippen molar-refractivity contribution in [2.45, 2.75) is 45.3 Å². The van der Waals surface area contributed by atoms with Crippen molar-refractivity contribution in [3.05, 3.63) is 28.2 Å². The molecule has 0 spiro atoms. The van der Waals surface area contributed by atoms with Gasteiger partial charge >= 0.3 is 6.09 Å². The maximum atomic E-state index is 12.1. The highest BCUT2D eigenvalue weighted by Gasteiger charge is 2.27. The van der Waals surface area contributed by atoms with Gasteiger partial charge in [-0.1, -0.05) is 23.2 Å². The smallest absolute Gasteiger partial charge is 0.410 e. The van der Waals surface area contributed by atoms with Crippen LogP contribution in [0.4, 0.5) is 4.79 Å². The normalized spacial score (nSPS) is 15.5. The number of rotatable bonds is 4. The maximum absolute atomic E-state index is 12.1. The molecule has 0 aliphatic carbocycles. The Bertz CT molecular complexity index is 653. The Labute approximate surface area is 163 Å². The van der Waals surface area contributed by atoms with Crippen LogP contribution in [0, 0.1) is 0 Å². The SMILES string of the molecule is CC(C)(C)OC(=O)N1CCC(NC(=O)COc2cc(Cl)ccc2Cl)CC1. The molecule has 2 rings (SSSR count). The third kappa shape index (κ3) is 6.57. The molecule has 1 fully saturated rings. The molecule has 1 heterocycles. The van der Waals surface area contributed by atoms with E-state index in [9.17, 15) is 9.59 Å². The summed E-state index contributed by atoms with van der Waals surface area (Å²) in [7, 11) is 0. The van der Waals surface area contributed by atoms with Crippen LogP contribution in [0.1, 0.15) is 33.6 Å². The van der Waals surface area contributed by atoms with Gasteiger partial charge in [0.05, 0.1) is 5.02 Å². The molecular weight excluding hydrogens is 379 g/mol. The number of nitrogens with zero attached hydrogens (tertiary/aromatic N) is 1. The van der Waals surface area contributed by atoms with Crippen LogP contribution in [0.3, 0.4) is 0 Å². The first-order chi connectivity index (χ1) is 12.1. The Morgan fingerprint density at radius 1 is 1.23 bits per heavy atom. The Kier molecular flexibility index (Phi) is 7.01. The first-order valence-electron chi connectivity index (χ1n) is 8.49. The van der Waals surface area contributed by atoms with Crippen molar-refractivity contribution < 1.29 is 19.1 Å². The predicted octanol–water partition coefficient (Wildman–Crippen LogP) is 3.89. The second-order valence-electron chi connectivity index (χ2n) is 7.17. The summed E-state index contributed by atoms with van der Waals surface area (Å²) in [5.41, 5.74) is -0.513. The maximum Gasteiger partial charge on any atom is 0.410 e. The van der Waals surface area contributed by atoms with E-state index in [-0.39, 0.29) is 24.6 Å². The number of hydrogen-bond donors (Lipinski definition) is 1. The van der Waals surface area contributed by atoms with Gasteiger partial charge in [-0.15, -0.1) is 0 Å². The summed E-state index contributed by atoms with van der Waals surface area (Å²) in [5, 5.41) is 3.79. The predicted molar refractivity (Wildman–Crippen MR) is 101 cm³/mol. The molecule has 0 unspecified atom stereocenters. The number of ether oxygens (including phenoxy) is 2. The van der Waals surface area contributed by atoms with Gasteiger partial charge in [0, 0.05) is 30.2 Å². The highest BCUT2D eigenvalue weighted by molar-refractivity contribution is 6.34. The van der Waals surface area contributed by atoms with E-state index >= 15 is 0 Å². The van der Waals surface area contributed by atoms with E-state index in [1.54, 1.807) is 23.1 Å². The van der Waals surface area contributed by atoms with Gasteiger partial charge in [0.2, 0.25) is 0 Å². The van der Waals surface area contributed by atoms with E-state index in [0.29, 0.717) is 41.7 Å². The fourth-order valence-corrected chi connectivity index (χ4v) is 2.87. The summed E-state index contributed by atoms with van der Waals surface area (Å²) in [6.07, 6.45) is 1.02. The summed E-state index contributed by atoms with van der Waals surface area (Å²) in [6.45, 7) is 6.45. The quantitative estimate of drug-likeness (QED) is 0.829. The number of carbonyl (C=O) groups is 2. The topological polar surface area (TPSA) is 67.9 Å². The van der Waals surface area contributed by atoms with Gasteiger partial charge in [0.1, 0.15) is 11.4 Å². The lowest BCUT2D eigenvalue weighted by molar-refractivity contribution is -0.124. The van der Waals surface area contributed by atoms with Gasteiger partial charge in [0.25, 0.3) is 5.91 Å². The third-order valence-corrected chi connectivity index (χ3v) is 4.31. The van der Waals surface area contributed by atoms with Crippen molar-refractivity contribution in [1.29, 1.82) is 0 Å². The second-order valence-corrected chi connectivity index (χ2v) is 8.02. The zero-order chi connectivity index (χ0) is 19.3. The van der Waals surface area contributed by atoms with Crippen LogP contribution in [-0.4, -0.2) is 48.2 Å². The van der Waals surface area contributed by atoms with Crippen LogP contribution in [0.15, 0.2) is 18.2 Å². The van der Waals surface area contributed by atoms with E-state index in [4.69, 9.17) is 32.7 Å². The van der Waals surface area contributed by atoms with Crippen molar-refractivity contribution in [1.82, 2.24) is 10.2 Å². The number of likely N-dealkylation sites (tertiary alicyclic amines) is 1. The Hall–Kier alpha value is -1.66. The summed E-state index contributed by atoms with van der Waals surface area (Å²) in [6, 6.07) is 4.83. The first-order valence-corrected chi connectivity index (χ1v) is 9.25. The Morgan fingerprint density at radius 3 is 2.50 bits per heavy atom. The minimum absolute atomic E-state index is 0.000352. The number of benzene rings is 1. The summed E-state index contributed by atoms with van der Waals surface area (Å²) < 4.78 is 10.8. The number of piperidine rings is 1. The van der Waals surface area contributed by atoms with Gasteiger partial charge in [-0.3, -0.25) is 4.79 Å². The zero-order valence-electron chi connectivity index (χ0n) is 15.2. The largest absolute Gasteiger partial charge is 0.482 e. The molecule has 0 saturated carbocycles. The zero-order valence-corrected chi connectivity index (χ0v) is 16.7. The lowest BCUT2D eigenvalue weighted by atomic mass is 10.1. The van der Waals surface area contributed by atoms with Gasteiger partial charge in [-0.25, -0.2) is 4.79 Å². The fraction of sp³-hybridized carbons (Fsp3) is 0.556. The molecule has 1 aliphatic heterocycles. The minimum Gasteiger partial charge on any atom is -0.482 e. The van der Waals surface area contributed by atoms with Crippen LogP contribution in [-0.2, 0) is 9.53 Å². The molecule has 0 radical (unpaired) electrons. The van der Waals surface area contributed by atoms with Crippen molar-refractivity contribution in [3.8, 4) is 5.75 Å². The Balaban J connectivity index is 1.74. The molecule has 1 aromatic carbocycles. The number of carbonyl (C=O) groups excluding carboxylic acids is 2. The third-order valence-electron chi connectivity index (χ3n) is 3.76. The molecule has 26 heavy (non-hydrogen) atoms. The standard InChI is InChI=1S/C18H24Cl2N2O4/c1-18(2,3)26-17(24)22-8-6-13(7-9-22)21-16(23)11-25-15-10-12(19)4-5-14(15)20/h4-5,10,13H,6-9,11H2,1-3H3,(H,21,23). The highest BCUT2D eigenvalue weighted by Crippen LogP contribution is 2.27. The average Bonchev–Trinajstić information content (AvgIpc) is 2.55. The summed E-state index contributed by atoms with van der Waals surface area (Å²) in [5.74, 6) is 0.130. The molecule has 2 amide bonds. The Morgan fingerprint density at radius 2 is 1.88 bits per heavy atom.